The molecule has 1 saturated carbocycles. The maximum Gasteiger partial charge on any atom is 0.390 e. The van der Waals surface area contributed by atoms with E-state index in [4.69, 9.17) is 0 Å². The second-order valence-electron chi connectivity index (χ2n) is 9.83. The second-order valence-corrected chi connectivity index (χ2v) is 11.2. The Labute approximate surface area is 208 Å². The summed E-state index contributed by atoms with van der Waals surface area (Å²) in [5.41, 5.74) is 2.05. The van der Waals surface area contributed by atoms with Crippen LogP contribution in [0.1, 0.15) is 59.7 Å². The molecule has 0 unspecified atom stereocenters. The molecular weight excluding hydrogens is 475 g/mol. The first kappa shape index (κ1) is 26.0. The fourth-order valence-electron chi connectivity index (χ4n) is 5.02. The molecule has 0 N–H and O–H groups in total. The van der Waals surface area contributed by atoms with E-state index in [1.165, 1.54) is 17.5 Å². The monoisotopic (exact) mass is 509 g/mol. The number of carbonyl (C=O) groups is 1. The van der Waals surface area contributed by atoms with E-state index in [1.54, 1.807) is 23.7 Å². The van der Waals surface area contributed by atoms with E-state index in [2.05, 4.69) is 20.0 Å². The summed E-state index contributed by atoms with van der Waals surface area (Å²) in [5, 5.41) is 5.38. The Hall–Kier alpha value is -2.07. The van der Waals surface area contributed by atoms with Crippen LogP contribution in [0.5, 0.6) is 0 Å². The van der Waals surface area contributed by atoms with Crippen LogP contribution in [0.25, 0.3) is 0 Å². The third-order valence-electron chi connectivity index (χ3n) is 7.08. The Bertz CT molecular complexity index is 982. The molecule has 1 fully saturated rings. The van der Waals surface area contributed by atoms with E-state index >= 15 is 0 Å². The lowest BCUT2D eigenvalue weighted by Gasteiger charge is -2.28. The summed E-state index contributed by atoms with van der Waals surface area (Å²) in [6.07, 6.45) is 8.08. The van der Waals surface area contributed by atoms with Crippen molar-refractivity contribution in [3.05, 3.63) is 33.5 Å². The van der Waals surface area contributed by atoms with Gasteiger partial charge >= 0.3 is 6.18 Å². The van der Waals surface area contributed by atoms with Crippen molar-refractivity contribution in [3.63, 3.8) is 0 Å². The molecule has 2 aromatic rings. The molecule has 192 valence electrons. The zero-order valence-corrected chi connectivity index (χ0v) is 21.1. The summed E-state index contributed by atoms with van der Waals surface area (Å²) in [6.45, 7) is 4.72. The molecule has 1 aliphatic heterocycles. The molecule has 0 aromatic carbocycles. The number of amides is 1. The largest absolute Gasteiger partial charge is 0.390 e. The first-order valence-electron chi connectivity index (χ1n) is 12.6. The molecule has 1 amide bonds. The van der Waals surface area contributed by atoms with Gasteiger partial charge < -0.3 is 4.90 Å². The number of rotatable bonds is 8. The van der Waals surface area contributed by atoms with E-state index in [-0.39, 0.29) is 12.5 Å². The average Bonchev–Trinajstić information content (AvgIpc) is 3.36. The van der Waals surface area contributed by atoms with Crippen molar-refractivity contribution in [1.29, 1.82) is 0 Å². The molecule has 1 aliphatic carbocycles. The number of alkyl halides is 3. The standard InChI is InChI=1S/C25H34F3N5OS/c1-18-29-16-22(35-18)14-24(34)30-15-20-4-2-19(3-5-20)6-10-32-11-7-21-17-33(13-9-25(26,27)28)31-23(21)8-12-32/h15-17,19-20H,2-14H2,1H3. The molecule has 0 radical (unpaired) electrons. The molecule has 3 heterocycles. The fourth-order valence-corrected chi connectivity index (χ4v) is 5.80. The van der Waals surface area contributed by atoms with Crippen LogP contribution in [0.2, 0.25) is 0 Å². The number of nitrogens with zero attached hydrogens (tertiary/aromatic N) is 5. The number of aryl methyl sites for hydroxylation is 2. The number of halogens is 3. The van der Waals surface area contributed by atoms with E-state index in [0.29, 0.717) is 18.3 Å². The lowest BCUT2D eigenvalue weighted by Crippen LogP contribution is -2.30. The van der Waals surface area contributed by atoms with E-state index in [9.17, 15) is 18.0 Å². The minimum absolute atomic E-state index is 0.0927. The summed E-state index contributed by atoms with van der Waals surface area (Å²) in [5.74, 6) is 0.999. The average molecular weight is 510 g/mol. The highest BCUT2D eigenvalue weighted by molar-refractivity contribution is 7.11. The Kier molecular flexibility index (Phi) is 8.75. The second kappa shape index (κ2) is 11.8. The normalized spacial score (nSPS) is 21.8. The Morgan fingerprint density at radius 2 is 1.97 bits per heavy atom. The van der Waals surface area contributed by atoms with Crippen molar-refractivity contribution in [2.24, 2.45) is 16.8 Å². The van der Waals surface area contributed by atoms with Crippen LogP contribution in [-0.2, 0) is 30.6 Å². The third kappa shape index (κ3) is 8.24. The van der Waals surface area contributed by atoms with Crippen LogP contribution < -0.4 is 0 Å². The third-order valence-corrected chi connectivity index (χ3v) is 7.99. The fraction of sp³-hybridized carbons (Fsp3) is 0.680. The number of hydrogen-bond donors (Lipinski definition) is 0. The van der Waals surface area contributed by atoms with Gasteiger partial charge in [-0.15, -0.1) is 11.3 Å². The van der Waals surface area contributed by atoms with Gasteiger partial charge in [-0.25, -0.2) is 9.98 Å². The summed E-state index contributed by atoms with van der Waals surface area (Å²) in [7, 11) is 0. The zero-order chi connectivity index (χ0) is 24.8. The number of carbonyl (C=O) groups excluding carboxylic acids is 1. The molecular formula is C25H34F3N5OS. The van der Waals surface area contributed by atoms with Crippen LogP contribution in [0.15, 0.2) is 17.4 Å². The number of aliphatic imine (C=N–C) groups is 1. The Morgan fingerprint density at radius 3 is 2.69 bits per heavy atom. The van der Waals surface area contributed by atoms with Crippen LogP contribution in [0, 0.1) is 18.8 Å². The van der Waals surface area contributed by atoms with Gasteiger partial charge in [-0.1, -0.05) is 0 Å². The molecule has 0 atom stereocenters. The lowest BCUT2D eigenvalue weighted by molar-refractivity contribution is -0.137. The van der Waals surface area contributed by atoms with Gasteiger partial charge in [-0.2, -0.15) is 18.3 Å². The van der Waals surface area contributed by atoms with Gasteiger partial charge in [0.25, 0.3) is 5.91 Å². The molecule has 10 heteroatoms. The highest BCUT2D eigenvalue weighted by Gasteiger charge is 2.27. The van der Waals surface area contributed by atoms with E-state index in [1.807, 2.05) is 13.1 Å². The first-order valence-corrected chi connectivity index (χ1v) is 13.4. The zero-order valence-electron chi connectivity index (χ0n) is 20.3. The van der Waals surface area contributed by atoms with Gasteiger partial charge in [0.1, 0.15) is 0 Å². The highest BCUT2D eigenvalue weighted by atomic mass is 32.1. The van der Waals surface area contributed by atoms with Gasteiger partial charge in [0.15, 0.2) is 0 Å². The number of aromatic nitrogens is 3. The molecule has 6 nitrogen and oxygen atoms in total. The molecule has 35 heavy (non-hydrogen) atoms. The van der Waals surface area contributed by atoms with Crippen molar-refractivity contribution < 1.29 is 18.0 Å². The van der Waals surface area contributed by atoms with Crippen molar-refractivity contribution in [2.45, 2.75) is 77.4 Å². The molecule has 4 rings (SSSR count). The maximum atomic E-state index is 12.5. The van der Waals surface area contributed by atoms with E-state index < -0.39 is 12.6 Å². The summed E-state index contributed by atoms with van der Waals surface area (Å²) in [4.78, 5) is 23.9. The molecule has 2 aromatic heterocycles. The van der Waals surface area contributed by atoms with Crippen LogP contribution in [0.4, 0.5) is 13.2 Å². The van der Waals surface area contributed by atoms with Crippen LogP contribution in [0.3, 0.4) is 0 Å². The summed E-state index contributed by atoms with van der Waals surface area (Å²) >= 11 is 1.54. The van der Waals surface area contributed by atoms with E-state index in [0.717, 1.165) is 72.9 Å². The lowest BCUT2D eigenvalue weighted by atomic mass is 9.81. The SMILES string of the molecule is Cc1ncc(CC(=O)N=CC2CCC(CCN3CCc4cn(CCC(F)(F)F)nc4CC3)CC2)s1. The van der Waals surface area contributed by atoms with Gasteiger partial charge in [0.2, 0.25) is 0 Å². The predicted molar refractivity (Wildman–Crippen MR) is 131 cm³/mol. The number of thiazole rings is 1. The molecule has 2 aliphatic rings. The van der Waals surface area contributed by atoms with Crippen LogP contribution in [-0.4, -0.2) is 57.6 Å². The quantitative estimate of drug-likeness (QED) is 0.468. The minimum atomic E-state index is -4.15. The Morgan fingerprint density at radius 1 is 1.20 bits per heavy atom. The maximum absolute atomic E-state index is 12.5. The van der Waals surface area contributed by atoms with Gasteiger partial charge in [-0.3, -0.25) is 9.48 Å². The number of hydrogen-bond acceptors (Lipinski definition) is 5. The topological polar surface area (TPSA) is 63.4 Å². The first-order chi connectivity index (χ1) is 16.7. The van der Waals surface area contributed by atoms with Gasteiger partial charge in [0, 0.05) is 49.5 Å². The van der Waals surface area contributed by atoms with Crippen LogP contribution >= 0.6 is 11.3 Å². The van der Waals surface area contributed by atoms with Crippen molar-refractivity contribution in [2.75, 3.05) is 19.6 Å². The van der Waals surface area contributed by atoms with Gasteiger partial charge in [0.05, 0.1) is 23.5 Å². The predicted octanol–water partition coefficient (Wildman–Crippen LogP) is 5.04. The molecule has 0 saturated heterocycles. The van der Waals surface area contributed by atoms with Crippen molar-refractivity contribution in [1.82, 2.24) is 19.7 Å². The summed E-state index contributed by atoms with van der Waals surface area (Å²) < 4.78 is 38.9. The molecule has 0 bridgehead atoms. The smallest absolute Gasteiger partial charge is 0.303 e. The van der Waals surface area contributed by atoms with Gasteiger partial charge in [-0.05, 0) is 69.4 Å². The minimum Gasteiger partial charge on any atom is -0.303 e. The van der Waals surface area contributed by atoms with Crippen molar-refractivity contribution in [3.8, 4) is 0 Å². The van der Waals surface area contributed by atoms with Crippen molar-refractivity contribution >= 4 is 23.5 Å². The highest BCUT2D eigenvalue weighted by Crippen LogP contribution is 2.30. The Balaban J connectivity index is 1.13. The summed E-state index contributed by atoms with van der Waals surface area (Å²) in [6, 6.07) is 0. The molecule has 0 spiro atoms. The number of fused-ring (bicyclic) bond motifs is 1.